The van der Waals surface area contributed by atoms with Crippen molar-refractivity contribution in [2.24, 2.45) is 0 Å². The number of ether oxygens (including phenoxy) is 1. The van der Waals surface area contributed by atoms with Gasteiger partial charge in [0.2, 0.25) is 0 Å². The molecule has 0 aliphatic heterocycles. The smallest absolute Gasteiger partial charge is 0.550 e. The summed E-state index contributed by atoms with van der Waals surface area (Å²) in [5.74, 6) is -2.17. The predicted octanol–water partition coefficient (Wildman–Crippen LogP) is 1.89. The van der Waals surface area contributed by atoms with Crippen molar-refractivity contribution in [3.05, 3.63) is 107 Å². The van der Waals surface area contributed by atoms with Gasteiger partial charge in [-0.1, -0.05) is 42.5 Å². The quantitative estimate of drug-likeness (QED) is 0.192. The first-order chi connectivity index (χ1) is 21.5. The topological polar surface area (TPSA) is 124 Å². The summed E-state index contributed by atoms with van der Waals surface area (Å²) in [4.78, 5) is 25.0. The zero-order chi connectivity index (χ0) is 32.7. The van der Waals surface area contributed by atoms with Crippen LogP contribution in [0.15, 0.2) is 78.9 Å². The summed E-state index contributed by atoms with van der Waals surface area (Å²) in [5, 5.41) is 34.5. The number of amides is 1. The fourth-order valence-corrected chi connectivity index (χ4v) is 5.22. The molecular weight excluding hydrogens is 605 g/mol. The number of hydrogen-bond acceptors (Lipinski definition) is 6. The van der Waals surface area contributed by atoms with Gasteiger partial charge in [-0.2, -0.15) is 0 Å². The average Bonchev–Trinajstić information content (AvgIpc) is 3.34. The summed E-state index contributed by atoms with van der Waals surface area (Å²) >= 11 is 0. The molecule has 3 aromatic carbocycles. The first kappa shape index (κ1) is 36.7. The molecule has 1 amide bonds. The number of benzene rings is 3. The van der Waals surface area contributed by atoms with Crippen LogP contribution >= 0.6 is 0 Å². The predicted molar refractivity (Wildman–Crippen MR) is 165 cm³/mol. The van der Waals surface area contributed by atoms with Crippen LogP contribution in [0, 0.1) is 11.6 Å². The van der Waals surface area contributed by atoms with E-state index < -0.39 is 42.1 Å². The van der Waals surface area contributed by atoms with Gasteiger partial charge < -0.3 is 34.7 Å². The SMILES string of the molecule is COc1cccc(CNC(=O)c2c(-c3ccc(F)cc3)c(-c3ccc(F)cc3)c(/C=C/[C@@H](O)C[C@@H](O)CC(=O)[O-])n2C(C)C)c1.[Na+]. The van der Waals surface area contributed by atoms with Crippen LogP contribution in [0.25, 0.3) is 28.3 Å². The van der Waals surface area contributed by atoms with Crippen LogP contribution in [0.4, 0.5) is 8.78 Å². The van der Waals surface area contributed by atoms with Gasteiger partial charge in [0, 0.05) is 48.2 Å². The van der Waals surface area contributed by atoms with Crippen LogP contribution in [0.5, 0.6) is 5.75 Å². The molecule has 0 aliphatic rings. The third-order valence-electron chi connectivity index (χ3n) is 7.22. The first-order valence-electron chi connectivity index (χ1n) is 14.4. The van der Waals surface area contributed by atoms with E-state index in [0.29, 0.717) is 33.7 Å². The maximum absolute atomic E-state index is 14.1. The van der Waals surface area contributed by atoms with E-state index in [1.807, 2.05) is 26.0 Å². The largest absolute Gasteiger partial charge is 1.00 e. The molecule has 0 aliphatic carbocycles. The summed E-state index contributed by atoms with van der Waals surface area (Å²) in [6.45, 7) is 3.92. The number of nitrogens with one attached hydrogen (secondary N) is 1. The Bertz CT molecular complexity index is 1670. The van der Waals surface area contributed by atoms with Crippen molar-refractivity contribution >= 4 is 18.0 Å². The van der Waals surface area contributed by atoms with E-state index in [1.54, 1.807) is 54.2 Å². The molecule has 11 heteroatoms. The molecule has 0 fully saturated rings. The number of nitrogens with zero attached hydrogens (tertiary/aromatic N) is 1. The van der Waals surface area contributed by atoms with E-state index in [-0.39, 0.29) is 54.3 Å². The van der Waals surface area contributed by atoms with Crippen molar-refractivity contribution < 1.29 is 68.0 Å². The van der Waals surface area contributed by atoms with Gasteiger partial charge in [0.15, 0.2) is 0 Å². The van der Waals surface area contributed by atoms with Gasteiger partial charge in [-0.25, -0.2) is 8.78 Å². The number of aliphatic hydroxyl groups excluding tert-OH is 2. The number of carboxylic acids is 1. The fraction of sp³-hybridized carbons (Fsp3) is 0.257. The summed E-state index contributed by atoms with van der Waals surface area (Å²) in [6, 6.07) is 18.3. The normalized spacial score (nSPS) is 12.5. The van der Waals surface area contributed by atoms with E-state index in [2.05, 4.69) is 5.32 Å². The molecule has 1 aromatic heterocycles. The minimum atomic E-state index is -1.44. The van der Waals surface area contributed by atoms with Gasteiger partial charge in [0.1, 0.15) is 23.1 Å². The third kappa shape index (κ3) is 9.14. The monoisotopic (exact) mass is 640 g/mol. The average molecular weight is 641 g/mol. The summed E-state index contributed by atoms with van der Waals surface area (Å²) in [5.41, 5.74) is 3.61. The molecule has 4 aromatic rings. The molecule has 0 unspecified atom stereocenters. The standard InChI is InChI=1S/C35H36F2N2O6.Na/c1-21(2)39-30(16-15-27(40)18-28(41)19-31(42)43)32(23-7-11-25(36)12-8-23)33(24-9-13-26(37)14-10-24)34(39)35(44)38-20-22-5-4-6-29(17-22)45-3;/h4-17,21,27-28,40-41H,18-20H2,1-3H3,(H,38,44)(H,42,43);/q;+1/p-1/b16-15+;/t27-,28-;/m1./s1. The molecule has 0 saturated carbocycles. The van der Waals surface area contributed by atoms with Crippen LogP contribution in [0.3, 0.4) is 0 Å². The Morgan fingerprint density at radius 1 is 0.957 bits per heavy atom. The van der Waals surface area contributed by atoms with Gasteiger partial charge in [-0.15, -0.1) is 0 Å². The Kier molecular flexibility index (Phi) is 13.3. The van der Waals surface area contributed by atoms with Gasteiger partial charge in [-0.05, 0) is 73.0 Å². The van der Waals surface area contributed by atoms with Gasteiger partial charge >= 0.3 is 29.6 Å². The molecule has 2 atom stereocenters. The molecule has 0 bridgehead atoms. The number of methoxy groups -OCH3 is 1. The minimum Gasteiger partial charge on any atom is -0.550 e. The van der Waals surface area contributed by atoms with Crippen LogP contribution in [-0.4, -0.2) is 46.0 Å². The molecule has 3 N–H and O–H groups in total. The van der Waals surface area contributed by atoms with Gasteiger partial charge in [0.05, 0.1) is 19.3 Å². The van der Waals surface area contributed by atoms with Crippen molar-refractivity contribution in [3.63, 3.8) is 0 Å². The Balaban J connectivity index is 0.00000576. The summed E-state index contributed by atoms with van der Waals surface area (Å²) in [7, 11) is 1.55. The van der Waals surface area contributed by atoms with Crippen LogP contribution in [0.2, 0.25) is 0 Å². The number of carbonyl (C=O) groups excluding carboxylic acids is 2. The minimum absolute atomic E-state index is 0. The number of aliphatic hydroxyl groups is 2. The number of rotatable bonds is 13. The second-order valence-corrected chi connectivity index (χ2v) is 10.9. The summed E-state index contributed by atoms with van der Waals surface area (Å²) < 4.78 is 35.2. The molecule has 1 heterocycles. The zero-order valence-electron chi connectivity index (χ0n) is 26.2. The van der Waals surface area contributed by atoms with Crippen molar-refractivity contribution in [1.82, 2.24) is 9.88 Å². The number of halogens is 2. The molecular formula is C35H35F2N2NaO6. The molecule has 8 nitrogen and oxygen atoms in total. The van der Waals surface area contributed by atoms with E-state index in [4.69, 9.17) is 4.74 Å². The number of aliphatic carboxylic acids is 1. The van der Waals surface area contributed by atoms with Crippen LogP contribution in [0.1, 0.15) is 54.5 Å². The molecule has 236 valence electrons. The number of hydrogen-bond donors (Lipinski definition) is 3. The van der Waals surface area contributed by atoms with Crippen LogP contribution in [-0.2, 0) is 11.3 Å². The second kappa shape index (κ2) is 16.7. The van der Waals surface area contributed by atoms with Gasteiger partial charge in [-0.3, -0.25) is 4.79 Å². The number of carbonyl (C=O) groups is 2. The Morgan fingerprint density at radius 2 is 1.54 bits per heavy atom. The Morgan fingerprint density at radius 3 is 2.09 bits per heavy atom. The zero-order valence-corrected chi connectivity index (χ0v) is 28.2. The Hall–Kier alpha value is -3.80. The number of aromatic nitrogens is 1. The molecule has 0 spiro atoms. The van der Waals surface area contributed by atoms with Crippen molar-refractivity contribution in [1.29, 1.82) is 0 Å². The fourth-order valence-electron chi connectivity index (χ4n) is 5.22. The molecule has 46 heavy (non-hydrogen) atoms. The van der Waals surface area contributed by atoms with Gasteiger partial charge in [0.25, 0.3) is 5.91 Å². The maximum atomic E-state index is 14.1. The Labute approximate surface area is 288 Å². The molecule has 0 saturated heterocycles. The van der Waals surface area contributed by atoms with Crippen molar-refractivity contribution in [2.45, 2.75) is 51.5 Å². The van der Waals surface area contributed by atoms with Crippen molar-refractivity contribution in [2.75, 3.05) is 7.11 Å². The molecule has 4 rings (SSSR count). The van der Waals surface area contributed by atoms with E-state index in [0.717, 1.165) is 5.56 Å². The van der Waals surface area contributed by atoms with Crippen LogP contribution < -0.4 is 44.7 Å². The second-order valence-electron chi connectivity index (χ2n) is 10.9. The van der Waals surface area contributed by atoms with Crippen molar-refractivity contribution in [3.8, 4) is 28.0 Å². The molecule has 0 radical (unpaired) electrons. The third-order valence-corrected chi connectivity index (χ3v) is 7.22. The van der Waals surface area contributed by atoms with E-state index >= 15 is 0 Å². The summed E-state index contributed by atoms with van der Waals surface area (Å²) in [6.07, 6.45) is -0.503. The maximum Gasteiger partial charge on any atom is 1.00 e. The van der Waals surface area contributed by atoms with E-state index in [9.17, 15) is 33.7 Å². The number of carboxylic acid groups (broad SMARTS) is 1. The van der Waals surface area contributed by atoms with E-state index in [1.165, 1.54) is 30.3 Å². The first-order valence-corrected chi connectivity index (χ1v) is 14.4.